The Kier molecular flexibility index (Phi) is 3.30. The standard InChI is InChI=1S/C12H9BrF2N2O/c1-8-2-4-9(5-3-8)17-10(7-18)6-16-11(17)12(13,14)15/h2-7H,1H3. The van der Waals surface area contributed by atoms with Crippen LogP contribution in [0.25, 0.3) is 5.69 Å². The number of hydrogen-bond donors (Lipinski definition) is 0. The second-order valence-electron chi connectivity index (χ2n) is 3.79. The first-order chi connectivity index (χ1) is 8.43. The van der Waals surface area contributed by atoms with Crippen LogP contribution in [0.4, 0.5) is 8.78 Å². The van der Waals surface area contributed by atoms with E-state index in [0.29, 0.717) is 12.0 Å². The molecule has 0 aliphatic heterocycles. The van der Waals surface area contributed by atoms with Crippen LogP contribution in [0.1, 0.15) is 21.9 Å². The zero-order valence-electron chi connectivity index (χ0n) is 9.40. The van der Waals surface area contributed by atoms with Gasteiger partial charge in [-0.3, -0.25) is 9.36 Å². The van der Waals surface area contributed by atoms with Gasteiger partial charge in [0.25, 0.3) is 0 Å². The van der Waals surface area contributed by atoms with Crippen LogP contribution in [-0.2, 0) is 4.83 Å². The fraction of sp³-hybridized carbons (Fsp3) is 0.167. The predicted molar refractivity (Wildman–Crippen MR) is 66.5 cm³/mol. The molecule has 0 radical (unpaired) electrons. The van der Waals surface area contributed by atoms with Gasteiger partial charge in [0.1, 0.15) is 5.69 Å². The van der Waals surface area contributed by atoms with Crippen molar-refractivity contribution in [1.82, 2.24) is 9.55 Å². The van der Waals surface area contributed by atoms with E-state index in [1.165, 1.54) is 0 Å². The fourth-order valence-corrected chi connectivity index (χ4v) is 1.89. The molecule has 2 aromatic rings. The van der Waals surface area contributed by atoms with Crippen LogP contribution < -0.4 is 0 Å². The predicted octanol–water partition coefficient (Wildman–Crippen LogP) is 3.44. The molecule has 18 heavy (non-hydrogen) atoms. The van der Waals surface area contributed by atoms with Crippen LogP contribution >= 0.6 is 15.9 Å². The first-order valence-electron chi connectivity index (χ1n) is 5.10. The molecule has 0 bridgehead atoms. The molecule has 6 heteroatoms. The summed E-state index contributed by atoms with van der Waals surface area (Å²) in [7, 11) is 0. The van der Waals surface area contributed by atoms with Crippen molar-refractivity contribution >= 4 is 22.2 Å². The van der Waals surface area contributed by atoms with Crippen molar-refractivity contribution in [2.45, 2.75) is 11.8 Å². The Bertz CT molecular complexity index is 573. The highest BCUT2D eigenvalue weighted by molar-refractivity contribution is 9.09. The first-order valence-corrected chi connectivity index (χ1v) is 5.90. The van der Waals surface area contributed by atoms with Gasteiger partial charge >= 0.3 is 4.83 Å². The minimum atomic E-state index is -3.29. The number of nitrogens with zero attached hydrogens (tertiary/aromatic N) is 2. The fourth-order valence-electron chi connectivity index (χ4n) is 1.61. The molecule has 1 heterocycles. The third-order valence-corrected chi connectivity index (χ3v) is 2.81. The third kappa shape index (κ3) is 2.33. The van der Waals surface area contributed by atoms with Gasteiger partial charge in [-0.2, -0.15) is 8.78 Å². The lowest BCUT2D eigenvalue weighted by Gasteiger charge is -2.13. The van der Waals surface area contributed by atoms with Crippen LogP contribution in [0.2, 0.25) is 0 Å². The SMILES string of the molecule is Cc1ccc(-n2c(C=O)cnc2C(F)(F)Br)cc1. The molecule has 94 valence electrons. The van der Waals surface area contributed by atoms with Crippen molar-refractivity contribution in [3.63, 3.8) is 0 Å². The lowest BCUT2D eigenvalue weighted by molar-refractivity contribution is 0.101. The van der Waals surface area contributed by atoms with E-state index < -0.39 is 10.7 Å². The van der Waals surface area contributed by atoms with Crippen LogP contribution in [-0.4, -0.2) is 15.8 Å². The maximum Gasteiger partial charge on any atom is 0.358 e. The lowest BCUT2D eigenvalue weighted by Crippen LogP contribution is -2.13. The number of benzene rings is 1. The average Bonchev–Trinajstić information content (AvgIpc) is 2.73. The van der Waals surface area contributed by atoms with E-state index in [2.05, 4.69) is 20.9 Å². The molecular weight excluding hydrogens is 306 g/mol. The molecule has 0 spiro atoms. The third-order valence-electron chi connectivity index (χ3n) is 2.46. The van der Waals surface area contributed by atoms with Gasteiger partial charge in [0.05, 0.1) is 6.20 Å². The number of aldehydes is 1. The number of aryl methyl sites for hydroxylation is 1. The zero-order valence-corrected chi connectivity index (χ0v) is 11.0. The summed E-state index contributed by atoms with van der Waals surface area (Å²) in [6.45, 7) is 1.89. The molecule has 0 atom stereocenters. The summed E-state index contributed by atoms with van der Waals surface area (Å²) in [5, 5.41) is 0. The molecule has 0 aliphatic carbocycles. The van der Waals surface area contributed by atoms with Gasteiger partial charge in [-0.15, -0.1) is 0 Å². The molecule has 1 aromatic heterocycles. The molecule has 0 N–H and O–H groups in total. The zero-order chi connectivity index (χ0) is 13.3. The van der Waals surface area contributed by atoms with Gasteiger partial charge < -0.3 is 0 Å². The Balaban J connectivity index is 2.64. The van der Waals surface area contributed by atoms with Crippen molar-refractivity contribution in [3.8, 4) is 5.69 Å². The Morgan fingerprint density at radius 2 is 1.94 bits per heavy atom. The van der Waals surface area contributed by atoms with Gasteiger partial charge in [0.15, 0.2) is 12.1 Å². The number of aromatic nitrogens is 2. The number of halogens is 3. The minimum Gasteiger partial charge on any atom is -0.296 e. The highest BCUT2D eigenvalue weighted by Crippen LogP contribution is 2.35. The van der Waals surface area contributed by atoms with Gasteiger partial charge in [0, 0.05) is 5.69 Å². The number of carbonyl (C=O) groups excluding carboxylic acids is 1. The van der Waals surface area contributed by atoms with Crippen LogP contribution in [0.15, 0.2) is 30.5 Å². The van der Waals surface area contributed by atoms with Crippen molar-refractivity contribution in [2.75, 3.05) is 0 Å². The quantitative estimate of drug-likeness (QED) is 0.642. The maximum absolute atomic E-state index is 13.3. The average molecular weight is 315 g/mol. The summed E-state index contributed by atoms with van der Waals surface area (Å²) in [6.07, 6.45) is 1.62. The van der Waals surface area contributed by atoms with E-state index in [1.807, 2.05) is 6.92 Å². The Morgan fingerprint density at radius 1 is 1.33 bits per heavy atom. The number of imidazole rings is 1. The van der Waals surface area contributed by atoms with E-state index in [1.54, 1.807) is 24.3 Å². The maximum atomic E-state index is 13.3. The highest BCUT2D eigenvalue weighted by atomic mass is 79.9. The Labute approximate surface area is 111 Å². The summed E-state index contributed by atoms with van der Waals surface area (Å²) in [5.41, 5.74) is 1.54. The molecule has 0 amide bonds. The van der Waals surface area contributed by atoms with Crippen molar-refractivity contribution in [1.29, 1.82) is 0 Å². The largest absolute Gasteiger partial charge is 0.358 e. The van der Waals surface area contributed by atoms with Gasteiger partial charge in [-0.1, -0.05) is 17.7 Å². The molecule has 0 fully saturated rings. The summed E-state index contributed by atoms with van der Waals surface area (Å²) >= 11 is 2.26. The van der Waals surface area contributed by atoms with E-state index in [-0.39, 0.29) is 5.69 Å². The van der Waals surface area contributed by atoms with Gasteiger partial charge in [0.2, 0.25) is 0 Å². The second-order valence-corrected chi connectivity index (χ2v) is 4.79. The van der Waals surface area contributed by atoms with Crippen molar-refractivity contribution < 1.29 is 13.6 Å². The van der Waals surface area contributed by atoms with E-state index >= 15 is 0 Å². The summed E-state index contributed by atoms with van der Waals surface area (Å²) < 4.78 is 27.8. The van der Waals surface area contributed by atoms with Crippen LogP contribution in [0.3, 0.4) is 0 Å². The van der Waals surface area contributed by atoms with E-state index in [9.17, 15) is 13.6 Å². The van der Waals surface area contributed by atoms with Crippen molar-refractivity contribution in [3.05, 3.63) is 47.5 Å². The molecule has 3 nitrogen and oxygen atoms in total. The van der Waals surface area contributed by atoms with Gasteiger partial charge in [-0.05, 0) is 35.0 Å². The molecule has 0 aliphatic rings. The number of alkyl halides is 3. The van der Waals surface area contributed by atoms with Crippen molar-refractivity contribution in [2.24, 2.45) is 0 Å². The Morgan fingerprint density at radius 3 is 2.44 bits per heavy atom. The molecule has 0 unspecified atom stereocenters. The molecular formula is C12H9BrF2N2O. The van der Waals surface area contributed by atoms with E-state index in [0.717, 1.165) is 16.3 Å². The number of hydrogen-bond acceptors (Lipinski definition) is 2. The molecule has 0 saturated carbocycles. The monoisotopic (exact) mass is 314 g/mol. The second kappa shape index (κ2) is 4.61. The lowest BCUT2D eigenvalue weighted by atomic mass is 10.2. The molecule has 1 aromatic carbocycles. The summed E-state index contributed by atoms with van der Waals surface area (Å²) in [5.74, 6) is -0.520. The summed E-state index contributed by atoms with van der Waals surface area (Å²) in [6, 6.07) is 6.87. The number of carbonyl (C=O) groups is 1. The molecule has 2 rings (SSSR count). The highest BCUT2D eigenvalue weighted by Gasteiger charge is 2.34. The van der Waals surface area contributed by atoms with Gasteiger partial charge in [-0.25, -0.2) is 4.98 Å². The normalized spacial score (nSPS) is 11.6. The minimum absolute atomic E-state index is 0.0768. The van der Waals surface area contributed by atoms with E-state index in [4.69, 9.17) is 0 Å². The summed E-state index contributed by atoms with van der Waals surface area (Å²) in [4.78, 5) is 11.2. The Hall–Kier alpha value is -1.56. The topological polar surface area (TPSA) is 34.9 Å². The first kappa shape index (κ1) is 12.9. The van der Waals surface area contributed by atoms with Crippen LogP contribution in [0.5, 0.6) is 0 Å². The number of rotatable bonds is 3. The molecule has 0 saturated heterocycles. The van der Waals surface area contributed by atoms with Crippen LogP contribution in [0, 0.1) is 6.92 Å². The smallest absolute Gasteiger partial charge is 0.296 e.